The largest absolute Gasteiger partial charge is 0.405 e. The van der Waals surface area contributed by atoms with Crippen molar-refractivity contribution in [2.45, 2.75) is 31.6 Å². The van der Waals surface area contributed by atoms with Gasteiger partial charge in [0.05, 0.1) is 21.0 Å². The second kappa shape index (κ2) is 12.2. The first-order valence-corrected chi connectivity index (χ1v) is 12.0. The fourth-order valence-corrected chi connectivity index (χ4v) is 4.31. The second-order valence-electron chi connectivity index (χ2n) is 7.78. The molecule has 0 bridgehead atoms. The van der Waals surface area contributed by atoms with Crippen molar-refractivity contribution in [3.05, 3.63) is 72.6 Å². The van der Waals surface area contributed by atoms with Crippen LogP contribution in [0.2, 0.25) is 15.1 Å². The van der Waals surface area contributed by atoms with Gasteiger partial charge >= 0.3 is 12.4 Å². The van der Waals surface area contributed by atoms with Gasteiger partial charge in [-0.25, -0.2) is 0 Å². The number of carbonyl (C=O) groups excluding carboxylic acids is 2. The minimum atomic E-state index is -4.67. The van der Waals surface area contributed by atoms with Crippen molar-refractivity contribution in [1.29, 1.82) is 0 Å². The van der Waals surface area contributed by atoms with Crippen LogP contribution in [-0.2, 0) is 4.79 Å². The van der Waals surface area contributed by atoms with Crippen LogP contribution in [0.4, 0.5) is 26.3 Å². The summed E-state index contributed by atoms with van der Waals surface area (Å²) in [6.07, 6.45) is -7.53. The predicted molar refractivity (Wildman–Crippen MR) is 131 cm³/mol. The molecule has 13 heteroatoms. The van der Waals surface area contributed by atoms with Gasteiger partial charge in [0.2, 0.25) is 5.91 Å². The Morgan fingerprint density at radius 2 is 1.61 bits per heavy atom. The van der Waals surface area contributed by atoms with Gasteiger partial charge in [0.1, 0.15) is 6.54 Å². The molecule has 196 valence electrons. The van der Waals surface area contributed by atoms with Gasteiger partial charge in [0.15, 0.2) is 5.78 Å². The third-order valence-electron chi connectivity index (χ3n) is 4.89. The molecule has 1 N–H and O–H groups in total. The third-order valence-corrected chi connectivity index (χ3v) is 6.75. The van der Waals surface area contributed by atoms with E-state index in [1.165, 1.54) is 31.2 Å². The first-order chi connectivity index (χ1) is 16.5. The van der Waals surface area contributed by atoms with Crippen LogP contribution in [0, 0.1) is 5.92 Å². The lowest BCUT2D eigenvalue weighted by atomic mass is 9.96. The highest BCUT2D eigenvalue weighted by Gasteiger charge is 2.39. The molecule has 0 saturated carbocycles. The summed E-state index contributed by atoms with van der Waals surface area (Å²) in [4.78, 5) is 24.3. The molecular weight excluding hydrogens is 623 g/mol. The number of nitrogens with one attached hydrogen (secondary N) is 1. The highest BCUT2D eigenvalue weighted by Crippen LogP contribution is 2.41. The maximum Gasteiger partial charge on any atom is 0.405 e. The van der Waals surface area contributed by atoms with Gasteiger partial charge in [-0.15, -0.1) is 0 Å². The topological polar surface area (TPSA) is 46.2 Å². The maximum absolute atomic E-state index is 13.7. The number of halogens is 10. The van der Waals surface area contributed by atoms with Crippen LogP contribution in [0.15, 0.2) is 40.9 Å². The van der Waals surface area contributed by atoms with Gasteiger partial charge < -0.3 is 5.32 Å². The lowest BCUT2D eigenvalue weighted by Gasteiger charge is -2.18. The Morgan fingerprint density at radius 3 is 2.11 bits per heavy atom. The average Bonchev–Trinajstić information content (AvgIpc) is 2.74. The number of alkyl halides is 6. The van der Waals surface area contributed by atoms with Crippen LogP contribution in [0.25, 0.3) is 6.08 Å². The van der Waals surface area contributed by atoms with E-state index in [-0.39, 0.29) is 37.1 Å². The van der Waals surface area contributed by atoms with Crippen molar-refractivity contribution in [2.75, 3.05) is 6.54 Å². The number of carbonyl (C=O) groups is 2. The molecule has 2 atom stereocenters. The number of Topliss-reactive ketones (excluding diaryl/α,β-unsaturated/α-hetero) is 1. The summed E-state index contributed by atoms with van der Waals surface area (Å²) < 4.78 is 78.1. The molecule has 0 fully saturated rings. The van der Waals surface area contributed by atoms with Crippen molar-refractivity contribution in [3.63, 3.8) is 0 Å². The minimum Gasteiger partial charge on any atom is -0.347 e. The van der Waals surface area contributed by atoms with E-state index in [0.717, 1.165) is 18.2 Å². The molecule has 1 amide bonds. The zero-order valence-electron chi connectivity index (χ0n) is 18.2. The van der Waals surface area contributed by atoms with E-state index in [4.69, 9.17) is 34.8 Å². The molecule has 1 unspecified atom stereocenters. The van der Waals surface area contributed by atoms with Gasteiger partial charge in [-0.3, -0.25) is 9.59 Å². The molecule has 0 heterocycles. The van der Waals surface area contributed by atoms with Gasteiger partial charge in [0.25, 0.3) is 0 Å². The third kappa shape index (κ3) is 8.68. The SMILES string of the molecule is C[C@H](CC(=O)c1ccc(/C=C/C(c2cc(Cl)c(Cl)c(Cl)c2)C(F)(F)F)cc1Br)C(=O)NCC(F)(F)F. The maximum atomic E-state index is 13.7. The lowest BCUT2D eigenvalue weighted by Crippen LogP contribution is -2.37. The quantitative estimate of drug-likeness (QED) is 0.179. The van der Waals surface area contributed by atoms with Crippen molar-refractivity contribution in [2.24, 2.45) is 5.92 Å². The molecule has 0 aliphatic carbocycles. The van der Waals surface area contributed by atoms with E-state index in [1.54, 1.807) is 5.32 Å². The van der Waals surface area contributed by atoms with Crippen LogP contribution >= 0.6 is 50.7 Å². The zero-order chi connectivity index (χ0) is 27.4. The summed E-state index contributed by atoms with van der Waals surface area (Å²) in [5, 5.41) is 1.39. The Morgan fingerprint density at radius 1 is 1.03 bits per heavy atom. The van der Waals surface area contributed by atoms with Crippen LogP contribution in [0.5, 0.6) is 0 Å². The molecular formula is C23H17BrCl3F6NO2. The molecule has 0 aromatic heterocycles. The lowest BCUT2D eigenvalue weighted by molar-refractivity contribution is -0.140. The first kappa shape index (κ1) is 30.5. The summed E-state index contributed by atoms with van der Waals surface area (Å²) in [6.45, 7) is -0.205. The molecule has 0 radical (unpaired) electrons. The monoisotopic (exact) mass is 637 g/mol. The molecule has 2 rings (SSSR count). The summed E-state index contributed by atoms with van der Waals surface area (Å²) >= 11 is 20.7. The van der Waals surface area contributed by atoms with Crippen molar-refractivity contribution >= 4 is 68.5 Å². The predicted octanol–water partition coefficient (Wildman–Crippen LogP) is 8.66. The number of rotatable bonds is 8. The Balaban J connectivity index is 2.19. The number of ketones is 1. The van der Waals surface area contributed by atoms with Crippen molar-refractivity contribution in [1.82, 2.24) is 5.32 Å². The first-order valence-electron chi connectivity index (χ1n) is 10.1. The fraction of sp³-hybridized carbons (Fsp3) is 0.304. The van der Waals surface area contributed by atoms with E-state index in [0.29, 0.717) is 5.56 Å². The number of amides is 1. The molecule has 2 aromatic carbocycles. The highest BCUT2D eigenvalue weighted by atomic mass is 79.9. The Hall–Kier alpha value is -1.75. The molecule has 0 aliphatic heterocycles. The number of hydrogen-bond donors (Lipinski definition) is 1. The van der Waals surface area contributed by atoms with E-state index in [9.17, 15) is 35.9 Å². The van der Waals surface area contributed by atoms with Crippen LogP contribution in [-0.4, -0.2) is 30.6 Å². The van der Waals surface area contributed by atoms with Crippen LogP contribution in [0.3, 0.4) is 0 Å². The van der Waals surface area contributed by atoms with Gasteiger partial charge in [-0.05, 0) is 35.4 Å². The van der Waals surface area contributed by atoms with E-state index < -0.39 is 42.4 Å². The standard InChI is InChI=1S/C23H17BrCl3F6NO2/c1-11(21(36)34-10-22(28,29)30)6-19(35)14-4-2-12(7-16(14)24)3-5-15(23(31,32)33)13-8-17(25)20(27)18(26)9-13/h2-5,7-9,11,15H,6,10H2,1H3,(H,34,36)/b5-3+/t11-,15?/m1/s1. The summed E-state index contributed by atoms with van der Waals surface area (Å²) in [5.74, 6) is -4.56. The number of hydrogen-bond acceptors (Lipinski definition) is 2. The Bertz CT molecular complexity index is 1140. The fourth-order valence-electron chi connectivity index (χ4n) is 3.07. The minimum absolute atomic E-state index is 0.0664. The summed E-state index contributed by atoms with van der Waals surface area (Å²) in [6, 6.07) is 6.26. The van der Waals surface area contributed by atoms with Gasteiger partial charge in [0, 0.05) is 22.4 Å². The van der Waals surface area contributed by atoms with Gasteiger partial charge in [-0.1, -0.05) is 75.9 Å². The molecule has 2 aromatic rings. The summed E-state index contributed by atoms with van der Waals surface area (Å²) in [5.41, 5.74) is 0.211. The Kier molecular flexibility index (Phi) is 10.3. The smallest absolute Gasteiger partial charge is 0.347 e. The van der Waals surface area contributed by atoms with Crippen LogP contribution < -0.4 is 5.32 Å². The van der Waals surface area contributed by atoms with E-state index in [2.05, 4.69) is 15.9 Å². The molecule has 0 aliphatic rings. The highest BCUT2D eigenvalue weighted by molar-refractivity contribution is 9.10. The van der Waals surface area contributed by atoms with E-state index in [1.807, 2.05) is 0 Å². The van der Waals surface area contributed by atoms with Crippen molar-refractivity contribution < 1.29 is 35.9 Å². The number of allylic oxidation sites excluding steroid dienone is 1. The molecule has 36 heavy (non-hydrogen) atoms. The van der Waals surface area contributed by atoms with Crippen LogP contribution in [0.1, 0.15) is 40.7 Å². The molecule has 0 saturated heterocycles. The zero-order valence-corrected chi connectivity index (χ0v) is 22.1. The Labute approximate surface area is 225 Å². The van der Waals surface area contributed by atoms with Gasteiger partial charge in [-0.2, -0.15) is 26.3 Å². The summed E-state index contributed by atoms with van der Waals surface area (Å²) in [7, 11) is 0. The molecule has 0 spiro atoms. The second-order valence-corrected chi connectivity index (χ2v) is 9.82. The normalized spacial score (nSPS) is 14.1. The number of benzene rings is 2. The molecule has 3 nitrogen and oxygen atoms in total. The van der Waals surface area contributed by atoms with Crippen molar-refractivity contribution in [3.8, 4) is 0 Å². The van der Waals surface area contributed by atoms with E-state index >= 15 is 0 Å². The average molecular weight is 640 g/mol.